The van der Waals surface area contributed by atoms with Gasteiger partial charge in [0.15, 0.2) is 5.82 Å². The van der Waals surface area contributed by atoms with Crippen LogP contribution in [0.4, 0.5) is 5.82 Å². The van der Waals surface area contributed by atoms with Gasteiger partial charge in [-0.25, -0.2) is 9.97 Å². The molecule has 1 aliphatic rings. The fraction of sp³-hybridized carbons (Fsp3) is 0.692. The highest BCUT2D eigenvalue weighted by molar-refractivity contribution is 5.36. The van der Waals surface area contributed by atoms with Crippen LogP contribution in [0.3, 0.4) is 0 Å². The largest absolute Gasteiger partial charge is 0.373 e. The molecule has 4 heteroatoms. The summed E-state index contributed by atoms with van der Waals surface area (Å²) in [7, 11) is 1.88. The molecule has 17 heavy (non-hydrogen) atoms. The van der Waals surface area contributed by atoms with E-state index >= 15 is 0 Å². The summed E-state index contributed by atoms with van der Waals surface area (Å²) < 4.78 is 5.83. The molecule has 0 amide bonds. The third kappa shape index (κ3) is 2.75. The van der Waals surface area contributed by atoms with E-state index in [-0.39, 0.29) is 6.10 Å². The first-order valence-corrected chi connectivity index (χ1v) is 6.32. The van der Waals surface area contributed by atoms with E-state index in [0.29, 0.717) is 12.0 Å². The van der Waals surface area contributed by atoms with E-state index in [4.69, 9.17) is 4.74 Å². The van der Waals surface area contributed by atoms with E-state index in [1.54, 1.807) is 0 Å². The van der Waals surface area contributed by atoms with E-state index in [0.717, 1.165) is 30.2 Å². The molecule has 1 aromatic heterocycles. The van der Waals surface area contributed by atoms with Crippen molar-refractivity contribution in [1.82, 2.24) is 9.97 Å². The van der Waals surface area contributed by atoms with Crippen LogP contribution >= 0.6 is 0 Å². The molecule has 2 heterocycles. The number of aromatic nitrogens is 2. The van der Waals surface area contributed by atoms with E-state index in [9.17, 15) is 0 Å². The summed E-state index contributed by atoms with van der Waals surface area (Å²) in [6.07, 6.45) is 2.50. The van der Waals surface area contributed by atoms with Crippen LogP contribution in [0.1, 0.15) is 57.2 Å². The van der Waals surface area contributed by atoms with Crippen LogP contribution < -0.4 is 5.32 Å². The Morgan fingerprint density at radius 1 is 1.35 bits per heavy atom. The van der Waals surface area contributed by atoms with Crippen molar-refractivity contribution in [3.05, 3.63) is 17.6 Å². The Labute approximate surface area is 103 Å². The lowest BCUT2D eigenvalue weighted by atomic mass is 10.1. The maximum Gasteiger partial charge on any atom is 0.159 e. The summed E-state index contributed by atoms with van der Waals surface area (Å²) in [5.74, 6) is 2.11. The zero-order chi connectivity index (χ0) is 12.4. The van der Waals surface area contributed by atoms with Gasteiger partial charge in [0.1, 0.15) is 11.9 Å². The van der Waals surface area contributed by atoms with Crippen LogP contribution in [0.25, 0.3) is 0 Å². The molecule has 0 saturated carbocycles. The monoisotopic (exact) mass is 235 g/mol. The summed E-state index contributed by atoms with van der Waals surface area (Å²) in [6, 6.07) is 2.01. The second-order valence-electron chi connectivity index (χ2n) is 4.95. The lowest BCUT2D eigenvalue weighted by Crippen LogP contribution is -2.10. The molecule has 0 spiro atoms. The van der Waals surface area contributed by atoms with Gasteiger partial charge in [0.25, 0.3) is 0 Å². The molecule has 4 nitrogen and oxygen atoms in total. The average molecular weight is 235 g/mol. The van der Waals surface area contributed by atoms with Gasteiger partial charge < -0.3 is 10.1 Å². The maximum absolute atomic E-state index is 5.83. The maximum atomic E-state index is 5.83. The summed E-state index contributed by atoms with van der Waals surface area (Å²) in [6.45, 7) is 6.39. The minimum absolute atomic E-state index is 0.0656. The fourth-order valence-electron chi connectivity index (χ4n) is 2.05. The molecule has 0 aliphatic carbocycles. The van der Waals surface area contributed by atoms with Crippen molar-refractivity contribution in [2.75, 3.05) is 12.4 Å². The zero-order valence-electron chi connectivity index (χ0n) is 11.0. The minimum Gasteiger partial charge on any atom is -0.373 e. The predicted molar refractivity (Wildman–Crippen MR) is 68.2 cm³/mol. The van der Waals surface area contributed by atoms with Crippen molar-refractivity contribution in [1.29, 1.82) is 0 Å². The van der Waals surface area contributed by atoms with Gasteiger partial charge in [-0.3, -0.25) is 0 Å². The summed E-state index contributed by atoms with van der Waals surface area (Å²) in [4.78, 5) is 9.12. The number of ether oxygens (including phenoxy) is 1. The molecular formula is C13H21N3O. The van der Waals surface area contributed by atoms with E-state index in [1.165, 1.54) is 0 Å². The number of hydrogen-bond donors (Lipinski definition) is 1. The molecule has 0 bridgehead atoms. The van der Waals surface area contributed by atoms with Gasteiger partial charge >= 0.3 is 0 Å². The van der Waals surface area contributed by atoms with Gasteiger partial charge in [-0.2, -0.15) is 0 Å². The Morgan fingerprint density at radius 3 is 2.65 bits per heavy atom. The quantitative estimate of drug-likeness (QED) is 0.875. The lowest BCUT2D eigenvalue weighted by molar-refractivity contribution is 0.0502. The van der Waals surface area contributed by atoms with Gasteiger partial charge in [-0.1, -0.05) is 13.8 Å². The standard InChI is InChI=1S/C13H21N3O/c1-8(2)10-7-12(14-4)16-13(15-10)11-6-5-9(3)17-11/h7-9,11H,5-6H2,1-4H3,(H,14,15,16). The zero-order valence-corrected chi connectivity index (χ0v) is 11.0. The molecule has 1 aromatic rings. The first kappa shape index (κ1) is 12.3. The van der Waals surface area contributed by atoms with Crippen molar-refractivity contribution in [2.24, 2.45) is 0 Å². The van der Waals surface area contributed by atoms with Crippen molar-refractivity contribution < 1.29 is 4.74 Å². The predicted octanol–water partition coefficient (Wildman–Crippen LogP) is 2.88. The number of hydrogen-bond acceptors (Lipinski definition) is 4. The molecule has 1 fully saturated rings. The topological polar surface area (TPSA) is 47.0 Å². The van der Waals surface area contributed by atoms with Gasteiger partial charge in [0.05, 0.1) is 6.10 Å². The third-order valence-corrected chi connectivity index (χ3v) is 3.13. The molecule has 1 N–H and O–H groups in total. The summed E-state index contributed by atoms with van der Waals surface area (Å²) >= 11 is 0. The highest BCUT2D eigenvalue weighted by Crippen LogP contribution is 2.31. The van der Waals surface area contributed by atoms with Crippen LogP contribution in [-0.4, -0.2) is 23.1 Å². The molecule has 1 saturated heterocycles. The van der Waals surface area contributed by atoms with Crippen LogP contribution in [0.15, 0.2) is 6.07 Å². The molecule has 2 rings (SSSR count). The number of nitrogens with zero attached hydrogens (tertiary/aromatic N) is 2. The third-order valence-electron chi connectivity index (χ3n) is 3.13. The van der Waals surface area contributed by atoms with Crippen molar-refractivity contribution in [2.45, 2.75) is 51.7 Å². The van der Waals surface area contributed by atoms with Gasteiger partial charge in [-0.05, 0) is 25.7 Å². The minimum atomic E-state index is 0.0656. The Morgan fingerprint density at radius 2 is 2.12 bits per heavy atom. The van der Waals surface area contributed by atoms with E-state index in [2.05, 4.69) is 36.1 Å². The van der Waals surface area contributed by atoms with Gasteiger partial charge in [-0.15, -0.1) is 0 Å². The fourth-order valence-corrected chi connectivity index (χ4v) is 2.05. The van der Waals surface area contributed by atoms with Crippen LogP contribution in [0.5, 0.6) is 0 Å². The second-order valence-corrected chi connectivity index (χ2v) is 4.95. The smallest absolute Gasteiger partial charge is 0.159 e. The first-order valence-electron chi connectivity index (χ1n) is 6.32. The average Bonchev–Trinajstić information content (AvgIpc) is 2.75. The van der Waals surface area contributed by atoms with Crippen LogP contribution in [-0.2, 0) is 4.74 Å². The van der Waals surface area contributed by atoms with Crippen LogP contribution in [0, 0.1) is 0 Å². The van der Waals surface area contributed by atoms with Gasteiger partial charge in [0, 0.05) is 18.8 Å². The molecule has 2 unspecified atom stereocenters. The molecule has 0 aromatic carbocycles. The Hall–Kier alpha value is -1.16. The van der Waals surface area contributed by atoms with Crippen molar-refractivity contribution in [3.8, 4) is 0 Å². The van der Waals surface area contributed by atoms with Crippen LogP contribution in [0.2, 0.25) is 0 Å². The van der Waals surface area contributed by atoms with Crippen molar-refractivity contribution in [3.63, 3.8) is 0 Å². The highest BCUT2D eigenvalue weighted by Gasteiger charge is 2.26. The Kier molecular flexibility index (Phi) is 3.62. The number of rotatable bonds is 3. The molecule has 2 atom stereocenters. The van der Waals surface area contributed by atoms with Crippen molar-refractivity contribution >= 4 is 5.82 Å². The first-order chi connectivity index (χ1) is 8.10. The lowest BCUT2D eigenvalue weighted by Gasteiger charge is -2.14. The molecular weight excluding hydrogens is 214 g/mol. The molecule has 94 valence electrons. The summed E-state index contributed by atoms with van der Waals surface area (Å²) in [5, 5.41) is 3.09. The Balaban J connectivity index is 2.29. The number of nitrogens with one attached hydrogen (secondary N) is 1. The number of anilines is 1. The normalized spacial score (nSPS) is 24.3. The second kappa shape index (κ2) is 5.00. The van der Waals surface area contributed by atoms with E-state index < -0.39 is 0 Å². The molecule has 1 aliphatic heterocycles. The molecule has 0 radical (unpaired) electrons. The highest BCUT2D eigenvalue weighted by atomic mass is 16.5. The van der Waals surface area contributed by atoms with Gasteiger partial charge in [0.2, 0.25) is 0 Å². The summed E-state index contributed by atoms with van der Waals surface area (Å²) in [5.41, 5.74) is 1.07. The Bertz CT molecular complexity index is 392. The SMILES string of the molecule is CNc1cc(C(C)C)nc(C2CCC(C)O2)n1. The van der Waals surface area contributed by atoms with E-state index in [1.807, 2.05) is 13.1 Å².